The number of nitrogens with one attached hydrogen (secondary N) is 2. The van der Waals surface area contributed by atoms with Crippen LogP contribution in [0.25, 0.3) is 0 Å². The summed E-state index contributed by atoms with van der Waals surface area (Å²) in [5, 5.41) is 5.05. The van der Waals surface area contributed by atoms with Crippen molar-refractivity contribution in [2.45, 2.75) is 6.92 Å². The van der Waals surface area contributed by atoms with Gasteiger partial charge in [-0.1, -0.05) is 6.07 Å². The van der Waals surface area contributed by atoms with Crippen LogP contribution in [-0.4, -0.2) is 40.3 Å². The van der Waals surface area contributed by atoms with Crippen molar-refractivity contribution in [2.24, 2.45) is 0 Å². The van der Waals surface area contributed by atoms with Gasteiger partial charge in [-0.05, 0) is 24.6 Å². The molecule has 0 radical (unpaired) electrons. The summed E-state index contributed by atoms with van der Waals surface area (Å²) in [7, 11) is 5.87. The van der Waals surface area contributed by atoms with Crippen LogP contribution in [0.2, 0.25) is 0 Å². The monoisotopic (exact) mass is 374 g/mol. The van der Waals surface area contributed by atoms with E-state index < -0.39 is 11.8 Å². The molecule has 0 spiro atoms. The van der Waals surface area contributed by atoms with Gasteiger partial charge in [0.25, 0.3) is 0 Å². The van der Waals surface area contributed by atoms with Crippen molar-refractivity contribution in [3.63, 3.8) is 0 Å². The molecule has 0 fully saturated rings. The lowest BCUT2D eigenvalue weighted by molar-refractivity contribution is -0.133. The SMILES string of the molecule is COc1ccc(C)cc1NC(=O)C(=O)Nc1cc(OC)c(OC)c(OC)c1. The Hall–Kier alpha value is -3.42. The van der Waals surface area contributed by atoms with Crippen molar-refractivity contribution in [3.8, 4) is 23.0 Å². The highest BCUT2D eigenvalue weighted by Gasteiger charge is 2.19. The number of hydrogen-bond acceptors (Lipinski definition) is 6. The Bertz CT molecular complexity index is 825. The summed E-state index contributed by atoms with van der Waals surface area (Å²) in [6.07, 6.45) is 0. The minimum atomic E-state index is -0.854. The molecule has 0 saturated heterocycles. The molecule has 0 unspecified atom stereocenters. The maximum Gasteiger partial charge on any atom is 0.314 e. The quantitative estimate of drug-likeness (QED) is 0.755. The molecule has 8 heteroatoms. The Morgan fingerprint density at radius 3 is 1.81 bits per heavy atom. The molecular formula is C19H22N2O6. The molecule has 0 aliphatic carbocycles. The van der Waals surface area contributed by atoms with E-state index in [4.69, 9.17) is 18.9 Å². The third-order valence-electron chi connectivity index (χ3n) is 3.73. The molecule has 0 aromatic heterocycles. The van der Waals surface area contributed by atoms with E-state index >= 15 is 0 Å². The average molecular weight is 374 g/mol. The van der Waals surface area contributed by atoms with Gasteiger partial charge in [-0.15, -0.1) is 0 Å². The van der Waals surface area contributed by atoms with Crippen LogP contribution in [0.5, 0.6) is 23.0 Å². The molecular weight excluding hydrogens is 352 g/mol. The number of methoxy groups -OCH3 is 4. The standard InChI is InChI=1S/C19H22N2O6/c1-11-6-7-14(24-2)13(8-11)21-19(23)18(22)20-12-9-15(25-3)17(27-5)16(10-12)26-4/h6-10H,1-5H3,(H,20,22)(H,21,23). The van der Waals surface area contributed by atoms with Crippen molar-refractivity contribution in [1.29, 1.82) is 0 Å². The number of benzene rings is 2. The highest BCUT2D eigenvalue weighted by molar-refractivity contribution is 6.43. The van der Waals surface area contributed by atoms with Gasteiger partial charge in [-0.25, -0.2) is 0 Å². The fraction of sp³-hybridized carbons (Fsp3) is 0.263. The first kappa shape index (κ1) is 19.9. The molecule has 8 nitrogen and oxygen atoms in total. The van der Waals surface area contributed by atoms with E-state index in [1.54, 1.807) is 12.1 Å². The van der Waals surface area contributed by atoms with Crippen LogP contribution >= 0.6 is 0 Å². The first-order valence-corrected chi connectivity index (χ1v) is 8.00. The summed E-state index contributed by atoms with van der Waals surface area (Å²) in [5.41, 5.74) is 1.64. The molecule has 2 rings (SSSR count). The topological polar surface area (TPSA) is 95.1 Å². The summed E-state index contributed by atoms with van der Waals surface area (Å²) < 4.78 is 20.9. The van der Waals surface area contributed by atoms with Crippen LogP contribution in [0.15, 0.2) is 30.3 Å². The number of aryl methyl sites for hydroxylation is 1. The van der Waals surface area contributed by atoms with Crippen molar-refractivity contribution in [2.75, 3.05) is 39.1 Å². The number of ether oxygens (including phenoxy) is 4. The Labute approximate surface area is 157 Å². The minimum absolute atomic E-state index is 0.320. The second-order valence-electron chi connectivity index (χ2n) is 5.53. The molecule has 0 aliphatic rings. The lowest BCUT2D eigenvalue weighted by atomic mass is 10.2. The first-order chi connectivity index (χ1) is 12.9. The average Bonchev–Trinajstić information content (AvgIpc) is 2.67. The van der Waals surface area contributed by atoms with Crippen molar-refractivity contribution in [3.05, 3.63) is 35.9 Å². The van der Waals surface area contributed by atoms with Gasteiger partial charge in [0.15, 0.2) is 11.5 Å². The predicted octanol–water partition coefficient (Wildman–Crippen LogP) is 2.61. The number of carbonyl (C=O) groups excluding carboxylic acids is 2. The van der Waals surface area contributed by atoms with E-state index in [9.17, 15) is 9.59 Å². The third-order valence-corrected chi connectivity index (χ3v) is 3.73. The van der Waals surface area contributed by atoms with Crippen molar-refractivity contribution >= 4 is 23.2 Å². The molecule has 0 aliphatic heterocycles. The van der Waals surface area contributed by atoms with Crippen LogP contribution in [0.4, 0.5) is 11.4 Å². The summed E-state index contributed by atoms with van der Waals surface area (Å²) >= 11 is 0. The number of carbonyl (C=O) groups is 2. The van der Waals surface area contributed by atoms with Gasteiger partial charge in [-0.2, -0.15) is 0 Å². The normalized spacial score (nSPS) is 9.96. The van der Waals surface area contributed by atoms with Crippen LogP contribution in [0.3, 0.4) is 0 Å². The van der Waals surface area contributed by atoms with Gasteiger partial charge in [0.05, 0.1) is 34.1 Å². The zero-order valence-corrected chi connectivity index (χ0v) is 15.8. The Morgan fingerprint density at radius 1 is 0.741 bits per heavy atom. The molecule has 2 amide bonds. The molecule has 2 aromatic carbocycles. The van der Waals surface area contributed by atoms with Crippen LogP contribution in [-0.2, 0) is 9.59 Å². The Kier molecular flexibility index (Phi) is 6.48. The van der Waals surface area contributed by atoms with Crippen molar-refractivity contribution in [1.82, 2.24) is 0 Å². The molecule has 2 aromatic rings. The molecule has 2 N–H and O–H groups in total. The first-order valence-electron chi connectivity index (χ1n) is 8.00. The fourth-order valence-corrected chi connectivity index (χ4v) is 2.44. The smallest absolute Gasteiger partial charge is 0.314 e. The number of hydrogen-bond donors (Lipinski definition) is 2. The lowest BCUT2D eigenvalue weighted by Crippen LogP contribution is -2.29. The highest BCUT2D eigenvalue weighted by Crippen LogP contribution is 2.39. The highest BCUT2D eigenvalue weighted by atomic mass is 16.5. The molecule has 0 bridgehead atoms. The van der Waals surface area contributed by atoms with Gasteiger partial charge >= 0.3 is 11.8 Å². The number of rotatable bonds is 6. The maximum absolute atomic E-state index is 12.3. The van der Waals surface area contributed by atoms with E-state index in [0.717, 1.165) is 5.56 Å². The molecule has 0 atom stereocenters. The van der Waals surface area contributed by atoms with Crippen LogP contribution in [0, 0.1) is 6.92 Å². The predicted molar refractivity (Wildman–Crippen MR) is 101 cm³/mol. The second kappa shape index (κ2) is 8.79. The van der Waals surface area contributed by atoms with E-state index in [1.165, 1.54) is 40.6 Å². The van der Waals surface area contributed by atoms with E-state index in [1.807, 2.05) is 13.0 Å². The lowest BCUT2D eigenvalue weighted by Gasteiger charge is -2.15. The summed E-state index contributed by atoms with van der Waals surface area (Å²) in [6, 6.07) is 8.32. The number of amides is 2. The third kappa shape index (κ3) is 4.60. The zero-order valence-electron chi connectivity index (χ0n) is 15.8. The van der Waals surface area contributed by atoms with Gasteiger partial charge < -0.3 is 29.6 Å². The fourth-order valence-electron chi connectivity index (χ4n) is 2.44. The molecule has 0 heterocycles. The second-order valence-corrected chi connectivity index (χ2v) is 5.53. The van der Waals surface area contributed by atoms with Crippen molar-refractivity contribution < 1.29 is 28.5 Å². The molecule has 0 saturated carbocycles. The summed E-state index contributed by atoms with van der Waals surface area (Å²) in [5.74, 6) is -0.150. The Balaban J connectivity index is 2.20. The maximum atomic E-state index is 12.3. The Morgan fingerprint density at radius 2 is 1.30 bits per heavy atom. The molecule has 144 valence electrons. The van der Waals surface area contributed by atoms with E-state index in [-0.39, 0.29) is 0 Å². The van der Waals surface area contributed by atoms with E-state index in [2.05, 4.69) is 10.6 Å². The van der Waals surface area contributed by atoms with Gasteiger partial charge in [0.2, 0.25) is 5.75 Å². The number of anilines is 2. The zero-order chi connectivity index (χ0) is 20.0. The van der Waals surface area contributed by atoms with Gasteiger partial charge in [0.1, 0.15) is 5.75 Å². The van der Waals surface area contributed by atoms with E-state index in [0.29, 0.717) is 34.4 Å². The largest absolute Gasteiger partial charge is 0.495 e. The molecule has 27 heavy (non-hydrogen) atoms. The summed E-state index contributed by atoms with van der Waals surface area (Å²) in [6.45, 7) is 1.87. The van der Waals surface area contributed by atoms with Crippen LogP contribution in [0.1, 0.15) is 5.56 Å². The van der Waals surface area contributed by atoms with Crippen LogP contribution < -0.4 is 29.6 Å². The van der Waals surface area contributed by atoms with Gasteiger partial charge in [0, 0.05) is 17.8 Å². The van der Waals surface area contributed by atoms with Gasteiger partial charge in [-0.3, -0.25) is 9.59 Å². The minimum Gasteiger partial charge on any atom is -0.495 e. The summed E-state index contributed by atoms with van der Waals surface area (Å²) in [4.78, 5) is 24.5.